The van der Waals surface area contributed by atoms with Crippen LogP contribution < -0.4 is 0 Å². The Hall–Kier alpha value is -7.68. The average Bonchev–Trinajstić information content (AvgIpc) is 0.844. The molecule has 0 radical (unpaired) electrons. The molecule has 0 saturated heterocycles. The summed E-state index contributed by atoms with van der Waals surface area (Å²) in [6, 6.07) is 29.8. The summed E-state index contributed by atoms with van der Waals surface area (Å²) in [5.41, 5.74) is 1.26. The van der Waals surface area contributed by atoms with Crippen molar-refractivity contribution in [1.29, 1.82) is 0 Å². The molecule has 0 saturated carbocycles. The fraction of sp³-hybridized carbons (Fsp3) is 0.500. The van der Waals surface area contributed by atoms with E-state index in [0.717, 1.165) is 48.8 Å². The minimum atomic E-state index is -2.70. The number of alkyl halides is 6. The molecule has 0 aliphatic heterocycles. The molecular weight excluding hydrogens is 1170 g/mol. The van der Waals surface area contributed by atoms with E-state index in [1.165, 1.54) is 47.9 Å². The van der Waals surface area contributed by atoms with Gasteiger partial charge >= 0.3 is 36.1 Å². The predicted molar refractivity (Wildman–Crippen MR) is 340 cm³/mol. The highest BCUT2D eigenvalue weighted by molar-refractivity contribution is 5.85. The number of aliphatic carboxylic acids is 1. The van der Waals surface area contributed by atoms with Crippen molar-refractivity contribution in [2.45, 2.75) is 205 Å². The summed E-state index contributed by atoms with van der Waals surface area (Å²) in [4.78, 5) is 76.2. The van der Waals surface area contributed by atoms with Crippen molar-refractivity contribution in [3.8, 4) is 0 Å². The molecule has 4 atom stereocenters. The van der Waals surface area contributed by atoms with E-state index in [9.17, 15) is 60.2 Å². The molecule has 2 N–H and O–H groups in total. The Morgan fingerprint density at radius 1 is 0.539 bits per heavy atom. The first-order chi connectivity index (χ1) is 47.2. The maximum atomic E-state index is 14.8. The predicted octanol–water partition coefficient (Wildman–Crippen LogP) is 16.2. The van der Waals surface area contributed by atoms with Gasteiger partial charge in [0.2, 0.25) is 6.10 Å². The third kappa shape index (κ3) is 27.3. The Kier molecular flexibility index (Phi) is 23.3. The van der Waals surface area contributed by atoms with Crippen molar-refractivity contribution in [3.63, 3.8) is 0 Å². The van der Waals surface area contributed by atoms with E-state index < -0.39 is 101 Å². The van der Waals surface area contributed by atoms with Crippen LogP contribution in [0.25, 0.3) is 11.1 Å². The van der Waals surface area contributed by atoms with Crippen LogP contribution in [-0.2, 0) is 68.9 Å². The molecule has 0 spiro atoms. The van der Waals surface area contributed by atoms with E-state index in [1.54, 1.807) is 108 Å². The highest BCUT2D eigenvalue weighted by atomic mass is 19.3. The number of aliphatic hydroxyl groups excluding tert-OH is 1. The Balaban J connectivity index is -0.000000707. The molecule has 21 heteroatoms. The SMILES string of the molecule is CN(C(=O)OC(C)(C)C)[C@@H](CC(C)(C)F)C(=O)O.CN(C(=O)OC(C)(C)C)[C@@H](CC(C)(C)F)C(=O)O[C@H](Cc1ccc(C2=CCC(F)(F)CC2)cc1)C(=O)OCc1ccccc1.O=C(OCc1ccccc1)[C@H](O)Cc1ccc(C2=CCC(F)(F)CC2)cc1.[2HH].[2H][2H].[2H][2H].[2H][2H].[2H][2H].[2H][2H].[2H][2H]. The smallest absolute Gasteiger partial charge is 0.410 e. The minimum Gasteiger partial charge on any atom is -0.480 e. The fourth-order valence-electron chi connectivity index (χ4n) is 8.99. The van der Waals surface area contributed by atoms with Crippen LogP contribution in [0.4, 0.5) is 35.9 Å². The van der Waals surface area contributed by atoms with E-state index in [2.05, 4.69) is 0 Å². The van der Waals surface area contributed by atoms with Gasteiger partial charge in [-0.15, -0.1) is 0 Å². The second kappa shape index (κ2) is 32.2. The second-order valence-electron chi connectivity index (χ2n) is 25.4. The van der Waals surface area contributed by atoms with Crippen LogP contribution in [0.5, 0.6) is 0 Å². The van der Waals surface area contributed by atoms with Crippen molar-refractivity contribution in [2.75, 3.05) is 14.1 Å². The van der Waals surface area contributed by atoms with E-state index in [0.29, 0.717) is 12.0 Å². The van der Waals surface area contributed by atoms with E-state index in [4.69, 9.17) is 46.6 Å². The number of carboxylic acids is 1. The van der Waals surface area contributed by atoms with Crippen LogP contribution in [0.15, 0.2) is 121 Å². The molecule has 0 fully saturated rings. The summed E-state index contributed by atoms with van der Waals surface area (Å²) in [6.45, 7) is 15.1. The monoisotopic (exact) mass is 1280 g/mol. The number of halogens is 6. The van der Waals surface area contributed by atoms with Gasteiger partial charge < -0.3 is 33.9 Å². The first-order valence-electron chi connectivity index (χ1n) is 35.3. The number of rotatable bonds is 21. The number of benzene rings is 4. The van der Waals surface area contributed by atoms with Gasteiger partial charge in [-0.2, -0.15) is 0 Å². The molecule has 0 aromatic heterocycles. The van der Waals surface area contributed by atoms with Crippen molar-refractivity contribution < 1.29 is 108 Å². The lowest BCUT2D eigenvalue weighted by molar-refractivity contribution is -0.172. The number of ether oxygens (including phenoxy) is 5. The van der Waals surface area contributed by atoms with Gasteiger partial charge in [0.25, 0.3) is 11.8 Å². The van der Waals surface area contributed by atoms with Gasteiger partial charge in [-0.05, 0) is 127 Å². The van der Waals surface area contributed by atoms with Crippen molar-refractivity contribution in [1.82, 2.24) is 9.80 Å². The molecule has 0 heterocycles. The molecule has 502 valence electrons. The maximum Gasteiger partial charge on any atom is 0.410 e. The fourth-order valence-corrected chi connectivity index (χ4v) is 8.99. The largest absolute Gasteiger partial charge is 0.480 e. The maximum absolute atomic E-state index is 14.8. The molecular formula is C68H100F6N2O13. The number of amides is 2. The Morgan fingerprint density at radius 2 is 0.910 bits per heavy atom. The van der Waals surface area contributed by atoms with Crippen molar-refractivity contribution in [2.24, 2.45) is 0 Å². The quantitative estimate of drug-likeness (QED) is 0.0455. The molecule has 2 aliphatic rings. The molecule has 2 amide bonds. The lowest BCUT2D eigenvalue weighted by Gasteiger charge is -2.32. The number of carbonyl (C=O) groups is 6. The summed E-state index contributed by atoms with van der Waals surface area (Å²) in [6.07, 6.45) is -2.08. The third-order valence-corrected chi connectivity index (χ3v) is 13.8. The van der Waals surface area contributed by atoms with E-state index in [1.807, 2.05) is 48.5 Å². The number of aliphatic hydroxyl groups is 1. The van der Waals surface area contributed by atoms with Gasteiger partial charge in [-0.3, -0.25) is 9.80 Å². The minimum absolute atomic E-state index is 0. The Morgan fingerprint density at radius 3 is 1.27 bits per heavy atom. The standard InChI is InChI=1S/C34H42F3NO6.C22H22F2O3.C12H22FNO4.7H2/c1-32(2,3)44-31(41)38(6)27(21-33(4,5)35)29(39)43-28(30(40)42-22-24-10-8-7-9-11-24)20-23-12-14-25(15-13-23)26-16-18-34(36,37)19-17-26;23-22(24)12-10-19(11-13-22)18-8-6-16(7-9-18)14-20(25)21(26)27-15-17-4-2-1-3-5-17;1-11(2,3)18-10(17)14(6)8(9(15)16)7-12(4,5)13;;;;;;;/h7-16,27-28H,17-22H2,1-6H3;1-10,20,25H,11-15H2;8H,7H2,1-6H3,(H,15,16);7*1H/t27-,28+;20-;8-;;;;;;;/m010......./s1/i;;;6*1+1D;1+1. The molecule has 2 aliphatic carbocycles. The number of carboxylic acid groups (broad SMARTS) is 1. The van der Waals surface area contributed by atoms with Crippen LogP contribution in [-0.4, -0.2) is 129 Å². The van der Waals surface area contributed by atoms with Gasteiger partial charge in [0.15, 0.2) is 6.10 Å². The number of hydrogen-bond donors (Lipinski definition) is 2. The number of hydrogen-bond acceptors (Lipinski definition) is 12. The van der Waals surface area contributed by atoms with Crippen molar-refractivity contribution >= 4 is 47.2 Å². The van der Waals surface area contributed by atoms with Crippen LogP contribution in [0.1, 0.15) is 173 Å². The van der Waals surface area contributed by atoms with Crippen LogP contribution in [0, 0.1) is 0 Å². The van der Waals surface area contributed by atoms with Crippen LogP contribution in [0.3, 0.4) is 0 Å². The number of esters is 3. The highest BCUT2D eigenvalue weighted by Gasteiger charge is 2.40. The van der Waals surface area contributed by atoms with Gasteiger partial charge in [-0.1, -0.05) is 121 Å². The number of allylic oxidation sites excluding steroid dienone is 4. The Bertz CT molecular complexity index is 3080. The van der Waals surface area contributed by atoms with Gasteiger partial charge in [-0.25, -0.2) is 55.1 Å². The van der Waals surface area contributed by atoms with Gasteiger partial charge in [0, 0.05) is 84.7 Å². The topological polar surface area (TPSA) is 196 Å². The molecule has 6 rings (SSSR count). The molecule has 15 nitrogen and oxygen atoms in total. The number of nitrogens with zero attached hydrogens (tertiary/aromatic N) is 2. The van der Waals surface area contributed by atoms with Crippen LogP contribution >= 0.6 is 0 Å². The van der Waals surface area contributed by atoms with E-state index in [-0.39, 0.29) is 66.0 Å². The van der Waals surface area contributed by atoms with Crippen LogP contribution in [0.2, 0.25) is 0 Å². The van der Waals surface area contributed by atoms with E-state index >= 15 is 0 Å². The zero-order chi connectivity index (χ0) is 78.7. The summed E-state index contributed by atoms with van der Waals surface area (Å²) in [7, 11) is 2.60. The molecule has 4 aromatic rings. The number of carbonyl (C=O) groups excluding carboxylic acids is 5. The highest BCUT2D eigenvalue weighted by Crippen LogP contribution is 2.38. The molecule has 0 bridgehead atoms. The molecule has 4 aromatic carbocycles. The lowest BCUT2D eigenvalue weighted by atomic mass is 9.91. The third-order valence-electron chi connectivity index (χ3n) is 13.8. The van der Waals surface area contributed by atoms with Gasteiger partial charge in [0.1, 0.15) is 47.8 Å². The number of likely N-dealkylation sites (N-methyl/N-ethyl adjacent to an activating group) is 2. The first kappa shape index (κ1) is 64.3. The van der Waals surface area contributed by atoms with Gasteiger partial charge in [0.05, 0.1) is 0 Å². The zero-order valence-electron chi connectivity index (χ0n) is 64.9. The first-order valence-corrected chi connectivity index (χ1v) is 29.3. The zero-order valence-corrected chi connectivity index (χ0v) is 52.9. The second-order valence-corrected chi connectivity index (χ2v) is 25.4. The molecule has 89 heavy (non-hydrogen) atoms. The molecule has 0 unspecified atom stereocenters. The normalized spacial score (nSPS) is 16.6. The average molecular weight is 1280 g/mol. The summed E-state index contributed by atoms with van der Waals surface area (Å²) in [5.74, 6) is -9.03. The lowest BCUT2D eigenvalue weighted by Crippen LogP contribution is -2.49. The summed E-state index contributed by atoms with van der Waals surface area (Å²) < 4.78 is 169. The Labute approximate surface area is 538 Å². The summed E-state index contributed by atoms with van der Waals surface area (Å²) >= 11 is 0. The van der Waals surface area contributed by atoms with Crippen molar-refractivity contribution in [3.05, 3.63) is 155 Å². The summed E-state index contributed by atoms with van der Waals surface area (Å²) in [5, 5.41) is 19.1.